The maximum absolute atomic E-state index is 12.6. The van der Waals surface area contributed by atoms with Gasteiger partial charge in [0.25, 0.3) is 5.56 Å². The summed E-state index contributed by atoms with van der Waals surface area (Å²) in [7, 11) is 0. The highest BCUT2D eigenvalue weighted by Crippen LogP contribution is 2.27. The second kappa shape index (κ2) is 9.13. The van der Waals surface area contributed by atoms with Crippen molar-refractivity contribution in [1.82, 2.24) is 15.0 Å². The lowest BCUT2D eigenvalue weighted by molar-refractivity contribution is 0.122. The van der Waals surface area contributed by atoms with Crippen molar-refractivity contribution < 1.29 is 4.74 Å². The fourth-order valence-corrected chi connectivity index (χ4v) is 4.50. The summed E-state index contributed by atoms with van der Waals surface area (Å²) in [5, 5.41) is 7.23. The number of aromatic amines is 1. The van der Waals surface area contributed by atoms with Crippen LogP contribution in [0, 0.1) is 0 Å². The molecule has 2 atom stereocenters. The minimum atomic E-state index is -0.226. The van der Waals surface area contributed by atoms with Crippen LogP contribution in [-0.2, 0) is 4.74 Å². The SMILES string of the molecule is N[C@H]1CCCC[C@H]1Nc1cc2nc[nH]c(=O)c2c(Nc2ccc(N3CCOCC3)cc2)n1. The van der Waals surface area contributed by atoms with Gasteiger partial charge in [0, 0.05) is 42.6 Å². The van der Waals surface area contributed by atoms with Crippen LogP contribution in [0.5, 0.6) is 0 Å². The number of benzene rings is 1. The van der Waals surface area contributed by atoms with E-state index in [2.05, 4.69) is 37.6 Å². The van der Waals surface area contributed by atoms with E-state index in [1.165, 1.54) is 6.33 Å². The zero-order valence-electron chi connectivity index (χ0n) is 18.0. The summed E-state index contributed by atoms with van der Waals surface area (Å²) < 4.78 is 5.43. The first-order chi connectivity index (χ1) is 15.7. The summed E-state index contributed by atoms with van der Waals surface area (Å²) in [5.74, 6) is 1.15. The van der Waals surface area contributed by atoms with Gasteiger partial charge in [-0.2, -0.15) is 0 Å². The molecule has 0 bridgehead atoms. The first kappa shape index (κ1) is 20.7. The standard InChI is InChI=1S/C23H29N7O2/c24-17-3-1-2-4-18(17)28-20-13-19-21(23(31)26-14-25-19)22(29-20)27-15-5-7-16(8-6-15)30-9-11-32-12-10-30/h5-8,13-14,17-18H,1-4,9-12,24H2,(H,25,26,31)(H2,27,28,29)/t17-,18+/m0/s1. The maximum Gasteiger partial charge on any atom is 0.262 e. The molecule has 3 heterocycles. The third-order valence-corrected chi connectivity index (χ3v) is 6.28. The Morgan fingerprint density at radius 2 is 1.91 bits per heavy atom. The molecule has 0 spiro atoms. The molecule has 1 saturated carbocycles. The molecule has 1 aromatic carbocycles. The van der Waals surface area contributed by atoms with Gasteiger partial charge in [-0.3, -0.25) is 4.79 Å². The molecule has 2 aromatic heterocycles. The number of anilines is 4. The van der Waals surface area contributed by atoms with E-state index in [0.29, 0.717) is 22.5 Å². The Morgan fingerprint density at radius 3 is 2.69 bits per heavy atom. The van der Waals surface area contributed by atoms with E-state index in [-0.39, 0.29) is 17.6 Å². The Labute approximate surface area is 186 Å². The number of morpholine rings is 1. The van der Waals surface area contributed by atoms with Crippen molar-refractivity contribution in [2.45, 2.75) is 37.8 Å². The van der Waals surface area contributed by atoms with Crippen molar-refractivity contribution >= 4 is 33.9 Å². The van der Waals surface area contributed by atoms with Crippen LogP contribution in [0.2, 0.25) is 0 Å². The number of hydrogen-bond acceptors (Lipinski definition) is 8. The quantitative estimate of drug-likeness (QED) is 0.483. The van der Waals surface area contributed by atoms with Crippen molar-refractivity contribution in [2.24, 2.45) is 5.73 Å². The highest BCUT2D eigenvalue weighted by molar-refractivity contribution is 5.92. The Kier molecular flexibility index (Phi) is 5.91. The fourth-order valence-electron chi connectivity index (χ4n) is 4.50. The molecule has 2 aliphatic rings. The Hall–Kier alpha value is -3.17. The van der Waals surface area contributed by atoms with Crippen LogP contribution < -0.4 is 26.8 Å². The Morgan fingerprint density at radius 1 is 1.12 bits per heavy atom. The van der Waals surface area contributed by atoms with E-state index in [9.17, 15) is 4.79 Å². The Balaban J connectivity index is 1.43. The minimum absolute atomic E-state index is 0.0949. The summed E-state index contributed by atoms with van der Waals surface area (Å²) in [6.45, 7) is 3.26. The first-order valence-corrected chi connectivity index (χ1v) is 11.3. The molecule has 0 radical (unpaired) electrons. The van der Waals surface area contributed by atoms with Gasteiger partial charge in [-0.1, -0.05) is 12.8 Å². The molecule has 1 saturated heterocycles. The molecule has 1 aliphatic carbocycles. The lowest BCUT2D eigenvalue weighted by atomic mass is 9.91. The fraction of sp³-hybridized carbons (Fsp3) is 0.435. The number of nitrogens with zero attached hydrogens (tertiary/aromatic N) is 3. The van der Waals surface area contributed by atoms with Gasteiger partial charge in [0.2, 0.25) is 0 Å². The number of rotatable bonds is 5. The molecule has 9 nitrogen and oxygen atoms in total. The lowest BCUT2D eigenvalue weighted by Gasteiger charge is -2.30. The number of nitrogens with two attached hydrogens (primary N) is 1. The summed E-state index contributed by atoms with van der Waals surface area (Å²) in [5.41, 5.74) is 8.68. The summed E-state index contributed by atoms with van der Waals surface area (Å²) in [4.78, 5) is 26.6. The van der Waals surface area contributed by atoms with Gasteiger partial charge in [-0.25, -0.2) is 9.97 Å². The topological polar surface area (TPSA) is 121 Å². The number of H-pyrrole nitrogens is 1. The minimum Gasteiger partial charge on any atom is -0.378 e. The van der Waals surface area contributed by atoms with Gasteiger partial charge in [0.05, 0.1) is 25.1 Å². The largest absolute Gasteiger partial charge is 0.378 e. The van der Waals surface area contributed by atoms with Crippen LogP contribution in [0.3, 0.4) is 0 Å². The number of pyridine rings is 1. The second-order valence-corrected chi connectivity index (χ2v) is 8.45. The molecule has 9 heteroatoms. The van der Waals surface area contributed by atoms with Crippen LogP contribution in [-0.4, -0.2) is 53.3 Å². The molecular weight excluding hydrogens is 406 g/mol. The summed E-state index contributed by atoms with van der Waals surface area (Å²) >= 11 is 0. The van der Waals surface area contributed by atoms with Crippen LogP contribution >= 0.6 is 0 Å². The van der Waals surface area contributed by atoms with Crippen LogP contribution in [0.1, 0.15) is 25.7 Å². The van der Waals surface area contributed by atoms with Crippen molar-refractivity contribution in [3.63, 3.8) is 0 Å². The molecule has 0 unspecified atom stereocenters. The number of fused-ring (bicyclic) bond motifs is 1. The Bertz CT molecular complexity index is 1130. The van der Waals surface area contributed by atoms with Gasteiger partial charge in [-0.15, -0.1) is 0 Å². The smallest absolute Gasteiger partial charge is 0.262 e. The molecule has 0 amide bonds. The third kappa shape index (κ3) is 4.39. The average molecular weight is 436 g/mol. The average Bonchev–Trinajstić information content (AvgIpc) is 2.82. The lowest BCUT2D eigenvalue weighted by Crippen LogP contribution is -2.42. The molecular formula is C23H29N7O2. The van der Waals surface area contributed by atoms with Gasteiger partial charge < -0.3 is 31.0 Å². The predicted octanol–water partition coefficient (Wildman–Crippen LogP) is 2.58. The van der Waals surface area contributed by atoms with Gasteiger partial charge in [0.1, 0.15) is 17.0 Å². The van der Waals surface area contributed by atoms with Gasteiger partial charge in [0.15, 0.2) is 0 Å². The summed E-state index contributed by atoms with van der Waals surface area (Å²) in [6, 6.07) is 10.2. The molecule has 5 rings (SSSR count). The van der Waals surface area contributed by atoms with E-state index in [1.54, 1.807) is 0 Å². The summed E-state index contributed by atoms with van der Waals surface area (Å²) in [6.07, 6.45) is 5.74. The van der Waals surface area contributed by atoms with Crippen LogP contribution in [0.25, 0.3) is 10.9 Å². The second-order valence-electron chi connectivity index (χ2n) is 8.45. The molecule has 32 heavy (non-hydrogen) atoms. The molecule has 2 fully saturated rings. The number of nitrogens with one attached hydrogen (secondary N) is 3. The van der Waals surface area contributed by atoms with E-state index < -0.39 is 0 Å². The van der Waals surface area contributed by atoms with E-state index in [1.807, 2.05) is 18.2 Å². The highest BCUT2D eigenvalue weighted by atomic mass is 16.5. The molecule has 3 aromatic rings. The number of hydrogen-bond donors (Lipinski definition) is 4. The number of ether oxygens (including phenoxy) is 1. The van der Waals surface area contributed by atoms with Crippen molar-refractivity contribution in [3.8, 4) is 0 Å². The van der Waals surface area contributed by atoms with E-state index in [0.717, 1.165) is 63.4 Å². The van der Waals surface area contributed by atoms with E-state index in [4.69, 9.17) is 15.5 Å². The third-order valence-electron chi connectivity index (χ3n) is 6.28. The molecule has 5 N–H and O–H groups in total. The van der Waals surface area contributed by atoms with Crippen LogP contribution in [0.15, 0.2) is 41.5 Å². The molecule has 1 aliphatic heterocycles. The van der Waals surface area contributed by atoms with Gasteiger partial charge >= 0.3 is 0 Å². The first-order valence-electron chi connectivity index (χ1n) is 11.3. The van der Waals surface area contributed by atoms with E-state index >= 15 is 0 Å². The van der Waals surface area contributed by atoms with Crippen molar-refractivity contribution in [3.05, 3.63) is 47.0 Å². The monoisotopic (exact) mass is 435 g/mol. The maximum atomic E-state index is 12.6. The zero-order valence-corrected chi connectivity index (χ0v) is 18.0. The highest BCUT2D eigenvalue weighted by Gasteiger charge is 2.22. The normalized spacial score (nSPS) is 21.5. The van der Waals surface area contributed by atoms with Crippen molar-refractivity contribution in [2.75, 3.05) is 41.8 Å². The van der Waals surface area contributed by atoms with Crippen molar-refractivity contribution in [1.29, 1.82) is 0 Å². The number of aromatic nitrogens is 3. The zero-order chi connectivity index (χ0) is 21.9. The predicted molar refractivity (Wildman–Crippen MR) is 127 cm³/mol. The van der Waals surface area contributed by atoms with Crippen LogP contribution in [0.4, 0.5) is 23.0 Å². The van der Waals surface area contributed by atoms with Gasteiger partial charge in [-0.05, 0) is 37.1 Å². The molecule has 168 valence electrons.